The van der Waals surface area contributed by atoms with E-state index in [1.807, 2.05) is 27.7 Å². The molecule has 0 saturated heterocycles. The fraction of sp³-hybridized carbons (Fsp3) is 0.636. The average Bonchev–Trinajstić information content (AvgIpc) is 2.00. The smallest absolute Gasteiger partial charge is 0.247 e. The normalized spacial score (nSPS) is 11.8. The highest BCUT2D eigenvalue weighted by molar-refractivity contribution is 6.00. The maximum Gasteiger partial charge on any atom is 0.247 e. The van der Waals surface area contributed by atoms with E-state index in [0.29, 0.717) is 5.57 Å². The maximum atomic E-state index is 11.4. The van der Waals surface area contributed by atoms with E-state index >= 15 is 0 Å². The van der Waals surface area contributed by atoms with E-state index in [1.165, 1.54) is 6.08 Å². The fourth-order valence-electron chi connectivity index (χ4n) is 0.964. The van der Waals surface area contributed by atoms with Crippen molar-refractivity contribution in [3.05, 3.63) is 11.6 Å². The lowest BCUT2D eigenvalue weighted by Gasteiger charge is -2.09. The highest BCUT2D eigenvalue weighted by Crippen LogP contribution is 1.94. The van der Waals surface area contributed by atoms with Crippen LogP contribution in [0.5, 0.6) is 0 Å². The number of carbonyl (C=O) groups is 2. The van der Waals surface area contributed by atoms with Gasteiger partial charge in [-0.3, -0.25) is 9.59 Å². The quantitative estimate of drug-likeness (QED) is 0.682. The largest absolute Gasteiger partial charge is 0.350 e. The summed E-state index contributed by atoms with van der Waals surface area (Å²) in [7, 11) is 0. The van der Waals surface area contributed by atoms with Crippen LogP contribution in [-0.2, 0) is 9.59 Å². The minimum Gasteiger partial charge on any atom is -0.350 e. The van der Waals surface area contributed by atoms with Crippen molar-refractivity contribution in [2.24, 2.45) is 0 Å². The molecule has 0 aliphatic carbocycles. The Morgan fingerprint density at radius 3 is 1.87 bits per heavy atom. The zero-order valence-electron chi connectivity index (χ0n) is 10.0. The van der Waals surface area contributed by atoms with Crippen LogP contribution in [0.15, 0.2) is 11.6 Å². The van der Waals surface area contributed by atoms with Crippen LogP contribution in [0.3, 0.4) is 0 Å². The van der Waals surface area contributed by atoms with E-state index < -0.39 is 0 Å². The van der Waals surface area contributed by atoms with E-state index in [4.69, 9.17) is 0 Å². The summed E-state index contributed by atoms with van der Waals surface area (Å²) in [6, 6.07) is 0.156. The molecular weight excluding hydrogens is 192 g/mol. The van der Waals surface area contributed by atoms with Crippen molar-refractivity contribution >= 4 is 11.8 Å². The van der Waals surface area contributed by atoms with Gasteiger partial charge in [-0.15, -0.1) is 0 Å². The van der Waals surface area contributed by atoms with Gasteiger partial charge in [0.2, 0.25) is 11.8 Å². The van der Waals surface area contributed by atoms with Gasteiger partial charge in [0, 0.05) is 23.7 Å². The Kier molecular flexibility index (Phi) is 5.67. The molecule has 0 aliphatic heterocycles. The summed E-state index contributed by atoms with van der Waals surface area (Å²) < 4.78 is 0. The lowest BCUT2D eigenvalue weighted by atomic mass is 10.2. The van der Waals surface area contributed by atoms with Crippen LogP contribution >= 0.6 is 0 Å². The molecule has 0 spiro atoms. The van der Waals surface area contributed by atoms with Crippen molar-refractivity contribution in [2.45, 2.75) is 46.7 Å². The van der Waals surface area contributed by atoms with Gasteiger partial charge in [0.1, 0.15) is 0 Å². The number of rotatable bonds is 4. The monoisotopic (exact) mass is 212 g/mol. The van der Waals surface area contributed by atoms with E-state index in [-0.39, 0.29) is 23.9 Å². The summed E-state index contributed by atoms with van der Waals surface area (Å²) in [6.07, 6.45) is 1.32. The molecule has 0 saturated carbocycles. The van der Waals surface area contributed by atoms with Gasteiger partial charge in [-0.2, -0.15) is 0 Å². The van der Waals surface area contributed by atoms with E-state index in [1.54, 1.807) is 6.92 Å². The van der Waals surface area contributed by atoms with Gasteiger partial charge in [0.05, 0.1) is 0 Å². The minimum atomic E-state index is -0.235. The molecule has 2 amide bonds. The molecule has 86 valence electrons. The first-order valence-corrected chi connectivity index (χ1v) is 5.12. The van der Waals surface area contributed by atoms with Gasteiger partial charge in [-0.05, 0) is 34.6 Å². The molecule has 0 radical (unpaired) electrons. The number of hydrogen-bond acceptors (Lipinski definition) is 2. The van der Waals surface area contributed by atoms with Crippen molar-refractivity contribution in [3.8, 4) is 0 Å². The summed E-state index contributed by atoms with van der Waals surface area (Å²) in [4.78, 5) is 22.7. The van der Waals surface area contributed by atoms with Crippen molar-refractivity contribution in [1.82, 2.24) is 10.6 Å². The summed E-state index contributed by atoms with van der Waals surface area (Å²) in [5, 5.41) is 5.40. The van der Waals surface area contributed by atoms with Crippen LogP contribution in [0.2, 0.25) is 0 Å². The Hall–Kier alpha value is -1.32. The molecule has 0 unspecified atom stereocenters. The molecule has 15 heavy (non-hydrogen) atoms. The zero-order valence-corrected chi connectivity index (χ0v) is 10.0. The summed E-state index contributed by atoms with van der Waals surface area (Å²) >= 11 is 0. The molecule has 0 aromatic carbocycles. The Labute approximate surface area is 91.1 Å². The Morgan fingerprint density at radius 1 is 1.00 bits per heavy atom. The van der Waals surface area contributed by atoms with Crippen LogP contribution in [0, 0.1) is 0 Å². The highest BCUT2D eigenvalue weighted by Gasteiger charge is 2.07. The maximum absolute atomic E-state index is 11.4. The summed E-state index contributed by atoms with van der Waals surface area (Å²) in [6.45, 7) is 9.11. The molecule has 0 bridgehead atoms. The number of amides is 2. The van der Waals surface area contributed by atoms with E-state index in [2.05, 4.69) is 10.6 Å². The lowest BCUT2D eigenvalue weighted by molar-refractivity contribution is -0.119. The summed E-state index contributed by atoms with van der Waals surface area (Å²) in [5.41, 5.74) is 0.418. The third-order valence-corrected chi connectivity index (χ3v) is 1.56. The molecule has 4 heteroatoms. The molecule has 0 rings (SSSR count). The average molecular weight is 212 g/mol. The second-order valence-electron chi connectivity index (χ2n) is 4.12. The Morgan fingerprint density at radius 2 is 1.47 bits per heavy atom. The lowest BCUT2D eigenvalue weighted by Crippen LogP contribution is -2.33. The zero-order chi connectivity index (χ0) is 12.0. The molecule has 0 fully saturated rings. The third-order valence-electron chi connectivity index (χ3n) is 1.56. The second kappa shape index (κ2) is 6.22. The van der Waals surface area contributed by atoms with Crippen molar-refractivity contribution in [2.75, 3.05) is 0 Å². The molecule has 0 aromatic heterocycles. The first-order chi connectivity index (χ1) is 6.82. The first kappa shape index (κ1) is 13.7. The molecule has 0 heterocycles. The van der Waals surface area contributed by atoms with E-state index in [0.717, 1.165) is 0 Å². The van der Waals surface area contributed by atoms with Gasteiger partial charge in [0.25, 0.3) is 0 Å². The van der Waals surface area contributed by atoms with Gasteiger partial charge < -0.3 is 10.6 Å². The van der Waals surface area contributed by atoms with Crippen LogP contribution in [0.25, 0.3) is 0 Å². The van der Waals surface area contributed by atoms with Crippen molar-refractivity contribution in [3.63, 3.8) is 0 Å². The predicted molar refractivity (Wildman–Crippen MR) is 60.3 cm³/mol. The Bertz CT molecular complexity index is 268. The molecule has 0 atom stereocenters. The SMILES string of the molecule is C/C(=C/C(=O)NC(C)C)C(=O)NC(C)C. The van der Waals surface area contributed by atoms with Crippen molar-refractivity contribution in [1.29, 1.82) is 0 Å². The molecule has 0 aromatic rings. The fourth-order valence-corrected chi connectivity index (χ4v) is 0.964. The van der Waals surface area contributed by atoms with Gasteiger partial charge in [-0.1, -0.05) is 0 Å². The van der Waals surface area contributed by atoms with Gasteiger partial charge in [-0.25, -0.2) is 0 Å². The highest BCUT2D eigenvalue weighted by atomic mass is 16.2. The van der Waals surface area contributed by atoms with Gasteiger partial charge >= 0.3 is 0 Å². The topological polar surface area (TPSA) is 58.2 Å². The predicted octanol–water partition coefficient (Wildman–Crippen LogP) is 0.982. The second-order valence-corrected chi connectivity index (χ2v) is 4.12. The number of nitrogens with one attached hydrogen (secondary N) is 2. The van der Waals surface area contributed by atoms with Crippen molar-refractivity contribution < 1.29 is 9.59 Å². The third kappa shape index (κ3) is 6.71. The van der Waals surface area contributed by atoms with Crippen LogP contribution < -0.4 is 10.6 Å². The molecular formula is C11H20N2O2. The summed E-state index contributed by atoms with van der Waals surface area (Å²) in [5.74, 6) is -0.440. The number of carbonyl (C=O) groups excluding carboxylic acids is 2. The van der Waals surface area contributed by atoms with Crippen LogP contribution in [-0.4, -0.2) is 23.9 Å². The molecule has 2 N–H and O–H groups in total. The number of hydrogen-bond donors (Lipinski definition) is 2. The van der Waals surface area contributed by atoms with Crippen LogP contribution in [0.1, 0.15) is 34.6 Å². The van der Waals surface area contributed by atoms with Gasteiger partial charge in [0.15, 0.2) is 0 Å². The first-order valence-electron chi connectivity index (χ1n) is 5.12. The Balaban J connectivity index is 4.29. The standard InChI is InChI=1S/C11H20N2O2/c1-7(2)12-10(14)6-9(5)11(15)13-8(3)4/h6-8H,1-5H3,(H,12,14)(H,13,15)/b9-6-. The molecule has 4 nitrogen and oxygen atoms in total. The van der Waals surface area contributed by atoms with Crippen LogP contribution in [0.4, 0.5) is 0 Å². The molecule has 0 aliphatic rings. The van der Waals surface area contributed by atoms with E-state index in [9.17, 15) is 9.59 Å². The minimum absolute atomic E-state index is 0.0778.